The number of aryl methyl sites for hydroxylation is 3. The van der Waals surface area contributed by atoms with Gasteiger partial charge in [0.25, 0.3) is 10.0 Å². The van der Waals surface area contributed by atoms with Crippen LogP contribution in [0.1, 0.15) is 43.0 Å². The van der Waals surface area contributed by atoms with Gasteiger partial charge in [0.05, 0.1) is 10.6 Å². The van der Waals surface area contributed by atoms with E-state index in [9.17, 15) is 8.42 Å². The van der Waals surface area contributed by atoms with Gasteiger partial charge in [-0.25, -0.2) is 8.42 Å². The Hall–Kier alpha value is -2.05. The summed E-state index contributed by atoms with van der Waals surface area (Å²) in [6.07, 6.45) is 0. The van der Waals surface area contributed by atoms with E-state index in [0.29, 0.717) is 22.9 Å². The van der Waals surface area contributed by atoms with Crippen molar-refractivity contribution < 1.29 is 13.2 Å². The minimum Gasteiger partial charge on any atom is -0.492 e. The fourth-order valence-electron chi connectivity index (χ4n) is 3.25. The molecule has 0 aromatic heterocycles. The highest BCUT2D eigenvalue weighted by Crippen LogP contribution is 2.31. The summed E-state index contributed by atoms with van der Waals surface area (Å²) in [4.78, 5) is 2.37. The molecule has 5 nitrogen and oxygen atoms in total. The standard InChI is InChI=1S/C23H34N2O3S/c1-16-11-20(15-21(12-16)28-10-9-25(7)8)24-29(26,27)22-17(2)13-19(14-18(22)3)23(4,5)6/h11-15,24H,9-10H2,1-8H3. The van der Waals surface area contributed by atoms with Crippen LogP contribution in [-0.2, 0) is 15.4 Å². The second kappa shape index (κ2) is 8.76. The lowest BCUT2D eigenvalue weighted by Gasteiger charge is -2.22. The monoisotopic (exact) mass is 418 g/mol. The molecule has 0 aliphatic heterocycles. The third-order valence-electron chi connectivity index (χ3n) is 4.71. The number of hydrogen-bond acceptors (Lipinski definition) is 4. The molecule has 0 fully saturated rings. The van der Waals surface area contributed by atoms with Crippen molar-refractivity contribution in [2.24, 2.45) is 0 Å². The van der Waals surface area contributed by atoms with Gasteiger partial charge < -0.3 is 9.64 Å². The quantitative estimate of drug-likeness (QED) is 0.711. The summed E-state index contributed by atoms with van der Waals surface area (Å²) in [7, 11) is 0.244. The summed E-state index contributed by atoms with van der Waals surface area (Å²) >= 11 is 0. The molecule has 0 heterocycles. The number of sulfonamides is 1. The molecular weight excluding hydrogens is 384 g/mol. The third-order valence-corrected chi connectivity index (χ3v) is 6.39. The van der Waals surface area contributed by atoms with Gasteiger partial charge >= 0.3 is 0 Å². The Kier molecular flexibility index (Phi) is 7.01. The number of nitrogens with zero attached hydrogens (tertiary/aromatic N) is 1. The molecule has 0 bridgehead atoms. The summed E-state index contributed by atoms with van der Waals surface area (Å²) in [5.41, 5.74) is 4.01. The molecule has 0 aliphatic carbocycles. The largest absolute Gasteiger partial charge is 0.492 e. The van der Waals surface area contributed by atoms with E-state index in [1.165, 1.54) is 0 Å². The van der Waals surface area contributed by atoms with Gasteiger partial charge in [-0.2, -0.15) is 0 Å². The Morgan fingerprint density at radius 3 is 2.07 bits per heavy atom. The number of hydrogen-bond donors (Lipinski definition) is 1. The van der Waals surface area contributed by atoms with Crippen LogP contribution >= 0.6 is 0 Å². The predicted octanol–water partition coefficient (Wildman–Crippen LogP) is 4.65. The van der Waals surface area contributed by atoms with E-state index in [0.717, 1.165) is 28.8 Å². The number of likely N-dealkylation sites (N-methyl/N-ethyl adjacent to an activating group) is 1. The highest BCUT2D eigenvalue weighted by molar-refractivity contribution is 7.92. The lowest BCUT2D eigenvalue weighted by molar-refractivity contribution is 0.261. The van der Waals surface area contributed by atoms with Gasteiger partial charge in [0, 0.05) is 12.6 Å². The second-order valence-electron chi connectivity index (χ2n) is 8.98. The maximum absolute atomic E-state index is 13.2. The molecule has 6 heteroatoms. The molecule has 1 N–H and O–H groups in total. The number of nitrogens with one attached hydrogen (secondary N) is 1. The number of benzene rings is 2. The predicted molar refractivity (Wildman–Crippen MR) is 121 cm³/mol. The first kappa shape index (κ1) is 23.2. The van der Waals surface area contributed by atoms with E-state index >= 15 is 0 Å². The van der Waals surface area contributed by atoms with E-state index in [1.807, 2.05) is 64.0 Å². The fourth-order valence-corrected chi connectivity index (χ4v) is 4.75. The molecule has 0 radical (unpaired) electrons. The van der Waals surface area contributed by atoms with E-state index in [-0.39, 0.29) is 5.41 Å². The van der Waals surface area contributed by atoms with Crippen molar-refractivity contribution in [3.63, 3.8) is 0 Å². The first-order valence-electron chi connectivity index (χ1n) is 9.83. The van der Waals surface area contributed by atoms with Gasteiger partial charge in [0.1, 0.15) is 12.4 Å². The zero-order valence-corrected chi connectivity index (χ0v) is 19.7. The number of rotatable bonds is 7. The maximum Gasteiger partial charge on any atom is 0.262 e. The van der Waals surface area contributed by atoms with Crippen molar-refractivity contribution in [3.05, 3.63) is 52.6 Å². The van der Waals surface area contributed by atoms with Crippen LogP contribution in [0, 0.1) is 20.8 Å². The normalized spacial score (nSPS) is 12.3. The molecule has 29 heavy (non-hydrogen) atoms. The van der Waals surface area contributed by atoms with Crippen LogP contribution in [0.2, 0.25) is 0 Å². The molecular formula is C23H34N2O3S. The smallest absolute Gasteiger partial charge is 0.262 e. The third kappa shape index (κ3) is 6.21. The highest BCUT2D eigenvalue weighted by atomic mass is 32.2. The molecule has 0 aliphatic rings. The molecule has 2 aromatic carbocycles. The van der Waals surface area contributed by atoms with Gasteiger partial charge in [-0.05, 0) is 74.7 Å². The summed E-state index contributed by atoms with van der Waals surface area (Å²) in [5, 5.41) is 0. The molecule has 0 amide bonds. The second-order valence-corrected chi connectivity index (χ2v) is 10.6. The van der Waals surface area contributed by atoms with Crippen LogP contribution in [-0.4, -0.2) is 40.6 Å². The molecule has 0 unspecified atom stereocenters. The Morgan fingerprint density at radius 1 is 0.966 bits per heavy atom. The van der Waals surface area contributed by atoms with E-state index in [1.54, 1.807) is 6.07 Å². The molecule has 2 aromatic rings. The number of ether oxygens (including phenoxy) is 1. The fraction of sp³-hybridized carbons (Fsp3) is 0.478. The maximum atomic E-state index is 13.2. The van der Waals surface area contributed by atoms with Gasteiger partial charge in [0.15, 0.2) is 0 Å². The lowest BCUT2D eigenvalue weighted by Crippen LogP contribution is -2.20. The molecule has 0 atom stereocenters. The summed E-state index contributed by atoms with van der Waals surface area (Å²) in [6, 6.07) is 9.38. The average molecular weight is 419 g/mol. The van der Waals surface area contributed by atoms with Crippen molar-refractivity contribution in [3.8, 4) is 5.75 Å². The molecule has 160 valence electrons. The Morgan fingerprint density at radius 2 is 1.55 bits per heavy atom. The van der Waals surface area contributed by atoms with Crippen molar-refractivity contribution in [2.75, 3.05) is 32.0 Å². The molecule has 0 saturated heterocycles. The van der Waals surface area contributed by atoms with Crippen LogP contribution in [0.4, 0.5) is 5.69 Å². The van der Waals surface area contributed by atoms with Crippen LogP contribution in [0.3, 0.4) is 0 Å². The van der Waals surface area contributed by atoms with Crippen LogP contribution < -0.4 is 9.46 Å². The average Bonchev–Trinajstić information content (AvgIpc) is 2.51. The Bertz CT molecular complexity index is 951. The first-order chi connectivity index (χ1) is 13.3. The number of anilines is 1. The minimum absolute atomic E-state index is 0.0411. The van der Waals surface area contributed by atoms with E-state index < -0.39 is 10.0 Å². The van der Waals surface area contributed by atoms with E-state index in [4.69, 9.17) is 4.74 Å². The molecule has 0 spiro atoms. The van der Waals surface area contributed by atoms with Crippen molar-refractivity contribution in [1.29, 1.82) is 0 Å². The van der Waals surface area contributed by atoms with Crippen molar-refractivity contribution in [1.82, 2.24) is 4.90 Å². The minimum atomic E-state index is -3.72. The van der Waals surface area contributed by atoms with Crippen LogP contribution in [0.25, 0.3) is 0 Å². The van der Waals surface area contributed by atoms with E-state index in [2.05, 4.69) is 25.5 Å². The van der Waals surface area contributed by atoms with Gasteiger partial charge in [-0.15, -0.1) is 0 Å². The van der Waals surface area contributed by atoms with Crippen molar-refractivity contribution in [2.45, 2.75) is 51.9 Å². The van der Waals surface area contributed by atoms with Gasteiger partial charge in [0.2, 0.25) is 0 Å². The first-order valence-corrected chi connectivity index (χ1v) is 11.3. The molecule has 0 saturated carbocycles. The zero-order chi connectivity index (χ0) is 22.0. The Labute approximate surface area is 176 Å². The lowest BCUT2D eigenvalue weighted by atomic mass is 9.85. The zero-order valence-electron chi connectivity index (χ0n) is 18.9. The SMILES string of the molecule is Cc1cc(NS(=O)(=O)c2c(C)cc(C(C)(C)C)cc2C)cc(OCCN(C)C)c1. The summed E-state index contributed by atoms with van der Waals surface area (Å²) < 4.78 is 34.9. The van der Waals surface area contributed by atoms with Gasteiger partial charge in [-0.1, -0.05) is 32.9 Å². The Balaban J connectivity index is 2.33. The van der Waals surface area contributed by atoms with Crippen LogP contribution in [0.15, 0.2) is 35.2 Å². The highest BCUT2D eigenvalue weighted by Gasteiger charge is 2.23. The van der Waals surface area contributed by atoms with Gasteiger partial charge in [-0.3, -0.25) is 4.72 Å². The topological polar surface area (TPSA) is 58.6 Å². The van der Waals surface area contributed by atoms with Crippen molar-refractivity contribution >= 4 is 15.7 Å². The molecule has 2 rings (SSSR count). The summed E-state index contributed by atoms with van der Waals surface area (Å²) in [6.45, 7) is 13.3. The van der Waals surface area contributed by atoms with Crippen LogP contribution in [0.5, 0.6) is 5.75 Å². The summed E-state index contributed by atoms with van der Waals surface area (Å²) in [5.74, 6) is 0.654.